The van der Waals surface area contributed by atoms with E-state index in [0.29, 0.717) is 11.2 Å². The minimum Gasteiger partial charge on any atom is -0.306 e. The molecule has 340 valence electrons. The summed E-state index contributed by atoms with van der Waals surface area (Å²) in [5.41, 5.74) is 21.3. The van der Waals surface area contributed by atoms with E-state index >= 15 is 4.39 Å². The highest BCUT2D eigenvalue weighted by atomic mass is 32.2. The molecule has 7 aliphatic rings. The van der Waals surface area contributed by atoms with Gasteiger partial charge < -0.3 is 4.90 Å². The van der Waals surface area contributed by atoms with Crippen molar-refractivity contribution in [3.63, 3.8) is 0 Å². The maximum Gasteiger partial charge on any atom is 0.243 e. The van der Waals surface area contributed by atoms with Crippen LogP contribution in [-0.2, 0) is 33.5 Å². The van der Waals surface area contributed by atoms with Gasteiger partial charge in [-0.15, -0.1) is 11.8 Å². The van der Waals surface area contributed by atoms with Crippen LogP contribution in [0.4, 0.5) is 15.8 Å². The third-order valence-electron chi connectivity index (χ3n) is 19.1. The first-order valence-electron chi connectivity index (χ1n) is 25.5. The monoisotopic (exact) mass is 892 g/mol. The summed E-state index contributed by atoms with van der Waals surface area (Å²) in [5, 5.41) is 1.99. The minimum absolute atomic E-state index is 0.0179. The molecule has 0 N–H and O–H groups in total. The van der Waals surface area contributed by atoms with Crippen LogP contribution in [0.5, 0.6) is 0 Å². The summed E-state index contributed by atoms with van der Waals surface area (Å²) in [4.78, 5) is 2.73. The average Bonchev–Trinajstić information content (AvgIpc) is 3.39. The zero-order chi connectivity index (χ0) is 46.5. The summed E-state index contributed by atoms with van der Waals surface area (Å²) >= 11 is 2.25. The Labute approximate surface area is 400 Å². The first kappa shape index (κ1) is 43.3. The van der Waals surface area contributed by atoms with Gasteiger partial charge in [0.15, 0.2) is 0 Å². The molecule has 5 aromatic carbocycles. The van der Waals surface area contributed by atoms with Gasteiger partial charge in [0.05, 0.1) is 5.03 Å². The Morgan fingerprint density at radius 3 is 2.15 bits per heavy atom. The Balaban J connectivity index is 1.24. The molecule has 4 heterocycles. The van der Waals surface area contributed by atoms with E-state index in [9.17, 15) is 0 Å². The van der Waals surface area contributed by atoms with Crippen molar-refractivity contribution in [1.29, 1.82) is 0 Å². The molecule has 3 aliphatic carbocycles. The third kappa shape index (κ3) is 5.84. The lowest BCUT2D eigenvalue weighted by Gasteiger charge is -2.61. The van der Waals surface area contributed by atoms with Gasteiger partial charge in [-0.3, -0.25) is 0 Å². The zero-order valence-electron chi connectivity index (χ0n) is 42.2. The molecule has 12 rings (SSSR count). The van der Waals surface area contributed by atoms with Crippen molar-refractivity contribution in [2.75, 3.05) is 4.90 Å². The van der Waals surface area contributed by atoms with E-state index < -0.39 is 5.41 Å². The highest BCUT2D eigenvalue weighted by Gasteiger charge is 2.61. The van der Waals surface area contributed by atoms with Crippen molar-refractivity contribution in [1.82, 2.24) is 0 Å². The second-order valence-electron chi connectivity index (χ2n) is 26.4. The van der Waals surface area contributed by atoms with E-state index in [0.717, 1.165) is 36.0 Å². The van der Waals surface area contributed by atoms with Crippen LogP contribution >= 0.6 is 11.8 Å². The number of rotatable bonds is 1. The lowest BCUT2D eigenvalue weighted by Crippen LogP contribution is -2.64. The van der Waals surface area contributed by atoms with Gasteiger partial charge in [-0.1, -0.05) is 155 Å². The first-order chi connectivity index (χ1) is 31.0. The summed E-state index contributed by atoms with van der Waals surface area (Å²) in [6.45, 7) is 31.9. The van der Waals surface area contributed by atoms with Crippen LogP contribution in [0.3, 0.4) is 0 Å². The van der Waals surface area contributed by atoms with Crippen LogP contribution in [0.2, 0.25) is 0 Å². The lowest BCUT2D eigenvalue weighted by atomic mass is 9.27. The van der Waals surface area contributed by atoms with Crippen LogP contribution in [-0.4, -0.2) is 12.0 Å². The van der Waals surface area contributed by atoms with Crippen molar-refractivity contribution < 1.29 is 4.39 Å². The minimum atomic E-state index is -0.575. The number of nitrogens with zero attached hydrogens (tertiary/aromatic N) is 1. The van der Waals surface area contributed by atoms with E-state index in [-0.39, 0.29) is 45.0 Å². The van der Waals surface area contributed by atoms with E-state index in [1.807, 2.05) is 6.07 Å². The maximum absolute atomic E-state index is 17.5. The van der Waals surface area contributed by atoms with Crippen molar-refractivity contribution in [2.45, 2.75) is 174 Å². The molecular formula is C62H71BFNS. The molecule has 0 amide bonds. The fraction of sp³-hybridized carbons (Fsp3) is 0.484. The molecule has 0 aromatic heterocycles. The third-order valence-corrected chi connectivity index (χ3v) is 21.0. The van der Waals surface area contributed by atoms with Gasteiger partial charge in [-0.25, -0.2) is 4.39 Å². The summed E-state index contributed by atoms with van der Waals surface area (Å²) in [5.74, 6) is 0.467. The predicted octanol–water partition coefficient (Wildman–Crippen LogP) is 15.2. The second kappa shape index (κ2) is 13.6. The van der Waals surface area contributed by atoms with Gasteiger partial charge in [-0.2, -0.15) is 0 Å². The van der Waals surface area contributed by atoms with Crippen LogP contribution in [0.1, 0.15) is 178 Å². The SMILES string of the molecule is Cc1cc2c3c(c1)[C@]1(CCc4ccc(C(C)(C)C)cc4-c4c(F)cccc41)c1cc4c5cc1B3C1=C(SC3C(C1)C(C)(CCC3(C)C)CC5(C)CCC4(C)C)N2c1ccc(C(C)(C)C)cc1. The van der Waals surface area contributed by atoms with Crippen LogP contribution in [0.15, 0.2) is 95.4 Å². The number of anilines is 2. The Hall–Kier alpha value is -4.02. The number of allylic oxidation sites excluding steroid dienone is 1. The Morgan fingerprint density at radius 2 is 1.42 bits per heavy atom. The number of hydrogen-bond acceptors (Lipinski definition) is 2. The molecule has 5 atom stereocenters. The van der Waals surface area contributed by atoms with Gasteiger partial charge in [0.25, 0.3) is 0 Å². The number of hydrogen-bond donors (Lipinski definition) is 0. The summed E-state index contributed by atoms with van der Waals surface area (Å²) in [7, 11) is 0. The molecule has 0 radical (unpaired) electrons. The van der Waals surface area contributed by atoms with Crippen molar-refractivity contribution >= 4 is 40.8 Å². The van der Waals surface area contributed by atoms with Crippen molar-refractivity contribution in [2.24, 2.45) is 16.7 Å². The van der Waals surface area contributed by atoms with Gasteiger partial charge in [-0.05, 0) is 182 Å². The van der Waals surface area contributed by atoms with Crippen LogP contribution in [0.25, 0.3) is 11.1 Å². The molecule has 5 aromatic rings. The highest BCUT2D eigenvalue weighted by molar-refractivity contribution is 8.04. The molecule has 66 heavy (non-hydrogen) atoms. The average molecular weight is 892 g/mol. The standard InChI is InChI=1S/C62H71BFNS/c1-36-29-46-53-51(30-36)65(40-21-19-38(20-22-40)56(2,3)4)55-49-34-47-54(66-55)59(10,11)26-28-61(47,13)35-60(12)27-25-58(8,9)43-32-45(48(63(49)53)33-44(43)60)62(46)24-23-37-17-18-39(57(5,6)7)31-41(37)52-42(62)15-14-16-50(52)64/h14-22,29-33,47,54H,23-28,34-35H2,1-13H3/t47?,54?,60?,61?,62-/m0/s1. The number of halogens is 1. The molecule has 1 nitrogen and oxygen atoms in total. The maximum atomic E-state index is 17.5. The van der Waals surface area contributed by atoms with E-state index in [1.165, 1.54) is 92.8 Å². The summed E-state index contributed by atoms with van der Waals surface area (Å²) in [6.07, 6.45) is 9.07. The number of fused-ring (bicyclic) bond motifs is 6. The number of benzene rings is 5. The largest absolute Gasteiger partial charge is 0.306 e. The van der Waals surface area contributed by atoms with E-state index in [4.69, 9.17) is 0 Å². The van der Waals surface area contributed by atoms with E-state index in [1.54, 1.807) is 22.7 Å². The first-order valence-corrected chi connectivity index (χ1v) is 26.4. The lowest BCUT2D eigenvalue weighted by molar-refractivity contribution is 0.0189. The molecule has 4 heteroatoms. The quantitative estimate of drug-likeness (QED) is 0.154. The molecular weight excluding hydrogens is 821 g/mol. The molecule has 1 spiro atoms. The fourth-order valence-corrected chi connectivity index (χ4v) is 17.2. The van der Waals surface area contributed by atoms with Crippen LogP contribution < -0.4 is 15.8 Å². The topological polar surface area (TPSA) is 3.24 Å². The summed E-state index contributed by atoms with van der Waals surface area (Å²) in [6, 6.07) is 33.4. The van der Waals surface area contributed by atoms with Gasteiger partial charge in [0.2, 0.25) is 6.71 Å². The van der Waals surface area contributed by atoms with Crippen molar-refractivity contribution in [3.05, 3.63) is 151 Å². The zero-order valence-corrected chi connectivity index (χ0v) is 43.0. The predicted molar refractivity (Wildman–Crippen MR) is 281 cm³/mol. The number of thioether (sulfide) groups is 1. The van der Waals surface area contributed by atoms with E-state index in [2.05, 4.69) is 179 Å². The molecule has 4 bridgehead atoms. The second-order valence-corrected chi connectivity index (χ2v) is 27.6. The molecule has 1 fully saturated rings. The molecule has 1 saturated carbocycles. The highest BCUT2D eigenvalue weighted by Crippen LogP contribution is 2.67. The van der Waals surface area contributed by atoms with Gasteiger partial charge >= 0.3 is 0 Å². The Kier molecular flexibility index (Phi) is 8.92. The molecule has 4 unspecified atom stereocenters. The van der Waals surface area contributed by atoms with Crippen molar-refractivity contribution in [3.8, 4) is 11.1 Å². The fourth-order valence-electron chi connectivity index (χ4n) is 15.3. The Bertz CT molecular complexity index is 2960. The van der Waals surface area contributed by atoms with Gasteiger partial charge in [0, 0.05) is 27.6 Å². The normalized spacial score (nSPS) is 28.5. The molecule has 4 aliphatic heterocycles. The smallest absolute Gasteiger partial charge is 0.243 e. The number of aryl methyl sites for hydroxylation is 2. The van der Waals surface area contributed by atoms with Gasteiger partial charge in [0.1, 0.15) is 5.82 Å². The van der Waals surface area contributed by atoms with Crippen LogP contribution in [0, 0.1) is 29.5 Å². The molecule has 0 saturated heterocycles. The Morgan fingerprint density at radius 1 is 0.697 bits per heavy atom. The summed E-state index contributed by atoms with van der Waals surface area (Å²) < 4.78 is 17.5.